The molecule has 0 spiro atoms. The maximum atomic E-state index is 9.92. The molecule has 1 rings (SSSR count). The van der Waals surface area contributed by atoms with E-state index in [1.807, 2.05) is 6.92 Å². The number of nitrogens with zero attached hydrogens (tertiary/aromatic N) is 2. The molecule has 0 aliphatic rings. The van der Waals surface area contributed by atoms with Crippen LogP contribution in [0.5, 0.6) is 5.88 Å². The van der Waals surface area contributed by atoms with Gasteiger partial charge in [0.15, 0.2) is 0 Å². The van der Waals surface area contributed by atoms with Gasteiger partial charge < -0.3 is 9.84 Å². The molecule has 72 valence electrons. The quantitative estimate of drug-likeness (QED) is 0.760. The van der Waals surface area contributed by atoms with Gasteiger partial charge in [0, 0.05) is 12.4 Å². The number of hydrogen-bond acceptors (Lipinski definition) is 4. The van der Waals surface area contributed by atoms with Gasteiger partial charge in [-0.05, 0) is 13.3 Å². The van der Waals surface area contributed by atoms with E-state index in [1.54, 1.807) is 13.1 Å². The van der Waals surface area contributed by atoms with Gasteiger partial charge in [-0.1, -0.05) is 6.92 Å². The normalized spacial score (nSPS) is 15.1. The third-order valence-corrected chi connectivity index (χ3v) is 2.06. The van der Waals surface area contributed by atoms with Crippen LogP contribution in [0.3, 0.4) is 0 Å². The maximum absolute atomic E-state index is 9.92. The van der Waals surface area contributed by atoms with Gasteiger partial charge in [0.2, 0.25) is 5.88 Å². The predicted molar refractivity (Wildman–Crippen MR) is 48.4 cm³/mol. The van der Waals surface area contributed by atoms with Crippen LogP contribution in [-0.4, -0.2) is 22.2 Å². The van der Waals surface area contributed by atoms with Gasteiger partial charge in [-0.3, -0.25) is 4.98 Å². The third-order valence-electron chi connectivity index (χ3n) is 2.06. The second-order valence-electron chi connectivity index (χ2n) is 3.04. The number of methoxy groups -OCH3 is 1. The summed E-state index contributed by atoms with van der Waals surface area (Å²) in [5.74, 6) is 0.384. The molecule has 1 atom stereocenters. The number of aromatic nitrogens is 2. The molecule has 0 saturated heterocycles. The Hall–Kier alpha value is -1.16. The van der Waals surface area contributed by atoms with Crippen LogP contribution in [0.15, 0.2) is 12.4 Å². The SMILES string of the molecule is CCC(C)(O)c1nccnc1OC. The number of rotatable bonds is 3. The van der Waals surface area contributed by atoms with Gasteiger partial charge in [-0.25, -0.2) is 4.98 Å². The summed E-state index contributed by atoms with van der Waals surface area (Å²) in [5.41, 5.74) is -0.487. The van der Waals surface area contributed by atoms with E-state index in [2.05, 4.69) is 9.97 Å². The molecule has 1 aromatic heterocycles. The molecule has 4 heteroatoms. The summed E-state index contributed by atoms with van der Waals surface area (Å²) < 4.78 is 5.00. The van der Waals surface area contributed by atoms with Crippen molar-refractivity contribution in [3.63, 3.8) is 0 Å². The zero-order valence-corrected chi connectivity index (χ0v) is 8.11. The Labute approximate surface area is 77.6 Å². The minimum absolute atomic E-state index is 0.384. The Morgan fingerprint density at radius 1 is 1.46 bits per heavy atom. The van der Waals surface area contributed by atoms with E-state index >= 15 is 0 Å². The van der Waals surface area contributed by atoms with Crippen molar-refractivity contribution in [3.05, 3.63) is 18.1 Å². The van der Waals surface area contributed by atoms with Crippen molar-refractivity contribution in [2.45, 2.75) is 25.9 Å². The summed E-state index contributed by atoms with van der Waals surface area (Å²) in [6, 6.07) is 0. The van der Waals surface area contributed by atoms with Crippen LogP contribution in [0.4, 0.5) is 0 Å². The third kappa shape index (κ3) is 1.95. The smallest absolute Gasteiger partial charge is 0.238 e. The average Bonchev–Trinajstić information content (AvgIpc) is 2.18. The average molecular weight is 182 g/mol. The van der Waals surface area contributed by atoms with Gasteiger partial charge in [0.25, 0.3) is 0 Å². The zero-order chi connectivity index (χ0) is 9.90. The monoisotopic (exact) mass is 182 g/mol. The minimum atomic E-state index is -0.973. The summed E-state index contributed by atoms with van der Waals surface area (Å²) in [5, 5.41) is 9.92. The molecule has 0 radical (unpaired) electrons. The fourth-order valence-electron chi connectivity index (χ4n) is 1.01. The van der Waals surface area contributed by atoms with Crippen LogP contribution in [0.2, 0.25) is 0 Å². The number of ether oxygens (including phenoxy) is 1. The highest BCUT2D eigenvalue weighted by molar-refractivity contribution is 5.23. The molecule has 1 heterocycles. The molecule has 0 aromatic carbocycles. The lowest BCUT2D eigenvalue weighted by molar-refractivity contribution is 0.0450. The first kappa shape index (κ1) is 9.92. The van der Waals surface area contributed by atoms with E-state index in [4.69, 9.17) is 4.74 Å². The molecule has 4 nitrogen and oxygen atoms in total. The van der Waals surface area contributed by atoms with Crippen molar-refractivity contribution in [2.24, 2.45) is 0 Å². The summed E-state index contributed by atoms with van der Waals surface area (Å²) in [7, 11) is 1.51. The Bertz CT molecular complexity index is 287. The van der Waals surface area contributed by atoms with Crippen LogP contribution in [-0.2, 0) is 5.60 Å². The van der Waals surface area contributed by atoms with Gasteiger partial charge in [-0.2, -0.15) is 0 Å². The van der Waals surface area contributed by atoms with Crippen LogP contribution in [0.25, 0.3) is 0 Å². The van der Waals surface area contributed by atoms with Crippen molar-refractivity contribution in [1.82, 2.24) is 9.97 Å². The second kappa shape index (κ2) is 3.70. The maximum Gasteiger partial charge on any atom is 0.238 e. The van der Waals surface area contributed by atoms with E-state index in [0.29, 0.717) is 18.0 Å². The van der Waals surface area contributed by atoms with E-state index in [1.165, 1.54) is 13.3 Å². The van der Waals surface area contributed by atoms with Gasteiger partial charge in [0.1, 0.15) is 11.3 Å². The molecule has 0 saturated carbocycles. The summed E-state index contributed by atoms with van der Waals surface area (Å²) in [6.45, 7) is 3.58. The standard InChI is InChI=1S/C9H14N2O2/c1-4-9(2,12)7-8(13-3)11-6-5-10-7/h5-6,12H,4H2,1-3H3. The predicted octanol–water partition coefficient (Wildman–Crippen LogP) is 1.10. The highest BCUT2D eigenvalue weighted by Crippen LogP contribution is 2.27. The first-order valence-electron chi connectivity index (χ1n) is 4.19. The van der Waals surface area contributed by atoms with Crippen LogP contribution < -0.4 is 4.74 Å². The Kier molecular flexibility index (Phi) is 2.83. The summed E-state index contributed by atoms with van der Waals surface area (Å²) in [4.78, 5) is 8.02. The molecule has 0 fully saturated rings. The minimum Gasteiger partial charge on any atom is -0.480 e. The lowest BCUT2D eigenvalue weighted by Gasteiger charge is -2.21. The topological polar surface area (TPSA) is 55.2 Å². The van der Waals surface area contributed by atoms with Crippen molar-refractivity contribution in [2.75, 3.05) is 7.11 Å². The first-order chi connectivity index (χ1) is 6.11. The van der Waals surface area contributed by atoms with E-state index in [0.717, 1.165) is 0 Å². The Balaban J connectivity index is 3.12. The van der Waals surface area contributed by atoms with Gasteiger partial charge >= 0.3 is 0 Å². The zero-order valence-electron chi connectivity index (χ0n) is 8.11. The molecule has 1 unspecified atom stereocenters. The number of hydrogen-bond donors (Lipinski definition) is 1. The van der Waals surface area contributed by atoms with E-state index in [-0.39, 0.29) is 0 Å². The molecule has 0 aliphatic heterocycles. The van der Waals surface area contributed by atoms with Gasteiger partial charge in [0.05, 0.1) is 7.11 Å². The Morgan fingerprint density at radius 2 is 2.08 bits per heavy atom. The van der Waals surface area contributed by atoms with Crippen LogP contribution in [0.1, 0.15) is 26.0 Å². The van der Waals surface area contributed by atoms with Crippen molar-refractivity contribution < 1.29 is 9.84 Å². The molecule has 0 aliphatic carbocycles. The van der Waals surface area contributed by atoms with E-state index in [9.17, 15) is 5.11 Å². The molecule has 1 aromatic rings. The molecular formula is C9H14N2O2. The summed E-state index contributed by atoms with van der Waals surface area (Å²) >= 11 is 0. The number of aliphatic hydroxyl groups is 1. The highest BCUT2D eigenvalue weighted by Gasteiger charge is 2.26. The van der Waals surface area contributed by atoms with Crippen molar-refractivity contribution in [3.8, 4) is 5.88 Å². The van der Waals surface area contributed by atoms with Crippen LogP contribution in [0, 0.1) is 0 Å². The molecule has 13 heavy (non-hydrogen) atoms. The first-order valence-corrected chi connectivity index (χ1v) is 4.19. The van der Waals surface area contributed by atoms with Crippen molar-refractivity contribution in [1.29, 1.82) is 0 Å². The molecule has 0 amide bonds. The van der Waals surface area contributed by atoms with E-state index < -0.39 is 5.60 Å². The summed E-state index contributed by atoms with van der Waals surface area (Å²) in [6.07, 6.45) is 3.65. The highest BCUT2D eigenvalue weighted by atomic mass is 16.5. The largest absolute Gasteiger partial charge is 0.480 e. The fraction of sp³-hybridized carbons (Fsp3) is 0.556. The van der Waals surface area contributed by atoms with Crippen LogP contribution >= 0.6 is 0 Å². The Morgan fingerprint density at radius 3 is 2.62 bits per heavy atom. The fourth-order valence-corrected chi connectivity index (χ4v) is 1.01. The molecule has 0 bridgehead atoms. The molecular weight excluding hydrogens is 168 g/mol. The van der Waals surface area contributed by atoms with Crippen molar-refractivity contribution >= 4 is 0 Å². The lowest BCUT2D eigenvalue weighted by atomic mass is 9.99. The molecule has 1 N–H and O–H groups in total. The lowest BCUT2D eigenvalue weighted by Crippen LogP contribution is -2.22. The second-order valence-corrected chi connectivity index (χ2v) is 3.04. The van der Waals surface area contributed by atoms with Gasteiger partial charge in [-0.15, -0.1) is 0 Å².